The van der Waals surface area contributed by atoms with E-state index >= 15 is 0 Å². The van der Waals surface area contributed by atoms with Crippen LogP contribution in [-0.2, 0) is 4.74 Å². The Morgan fingerprint density at radius 1 is 1.64 bits per heavy atom. The van der Waals surface area contributed by atoms with E-state index in [0.717, 1.165) is 16.4 Å². The zero-order valence-corrected chi connectivity index (χ0v) is 6.66. The van der Waals surface area contributed by atoms with Crippen LogP contribution in [0.25, 0.3) is 0 Å². The molecule has 0 radical (unpaired) electrons. The molecule has 1 heterocycles. The number of hydroxylamine groups is 2. The van der Waals surface area contributed by atoms with E-state index in [-0.39, 0.29) is 0 Å². The van der Waals surface area contributed by atoms with Gasteiger partial charge in [-0.2, -0.15) is 0 Å². The molecule has 0 fully saturated rings. The van der Waals surface area contributed by atoms with Gasteiger partial charge in [0.1, 0.15) is 5.76 Å². The molecule has 0 aromatic carbocycles. The minimum atomic E-state index is 0.546. The third-order valence-corrected chi connectivity index (χ3v) is 1.67. The molecule has 1 aliphatic heterocycles. The molecule has 0 aliphatic carbocycles. The first-order chi connectivity index (χ1) is 5.16. The van der Waals surface area contributed by atoms with Crippen LogP contribution in [-0.4, -0.2) is 17.4 Å². The smallest absolute Gasteiger partial charge is 0.125 e. The van der Waals surface area contributed by atoms with Crippen molar-refractivity contribution in [1.29, 1.82) is 0 Å². The lowest BCUT2D eigenvalue weighted by molar-refractivity contribution is -0.00322. The summed E-state index contributed by atoms with van der Waals surface area (Å²) in [5.74, 6) is 0.736. The Morgan fingerprint density at radius 2 is 2.27 bits per heavy atom. The minimum Gasteiger partial charge on any atom is -0.496 e. The van der Waals surface area contributed by atoms with Crippen molar-refractivity contribution in [1.82, 2.24) is 5.06 Å². The number of allylic oxidation sites excluding steroid dienone is 2. The summed E-state index contributed by atoms with van der Waals surface area (Å²) in [6.45, 7) is 5.50. The van der Waals surface area contributed by atoms with Crippen molar-refractivity contribution < 1.29 is 9.94 Å². The zero-order valence-electron chi connectivity index (χ0n) is 6.66. The average Bonchev–Trinajstić information content (AvgIpc) is 2.01. The van der Waals surface area contributed by atoms with E-state index in [1.54, 1.807) is 13.2 Å². The summed E-state index contributed by atoms with van der Waals surface area (Å²) in [5.41, 5.74) is 1.39. The van der Waals surface area contributed by atoms with Gasteiger partial charge in [0.05, 0.1) is 12.8 Å². The van der Waals surface area contributed by atoms with Gasteiger partial charge in [0.2, 0.25) is 0 Å². The van der Waals surface area contributed by atoms with Gasteiger partial charge >= 0.3 is 0 Å². The molecule has 1 aliphatic rings. The van der Waals surface area contributed by atoms with Crippen LogP contribution in [0.5, 0.6) is 0 Å². The molecule has 0 aromatic rings. The van der Waals surface area contributed by atoms with E-state index in [2.05, 4.69) is 6.58 Å². The van der Waals surface area contributed by atoms with Gasteiger partial charge in [0.15, 0.2) is 0 Å². The third-order valence-electron chi connectivity index (χ3n) is 1.67. The summed E-state index contributed by atoms with van der Waals surface area (Å²) in [7, 11) is 1.59. The second-order valence-electron chi connectivity index (χ2n) is 2.30. The van der Waals surface area contributed by atoms with Crippen molar-refractivity contribution in [2.24, 2.45) is 0 Å². The molecule has 1 N–H and O–H groups in total. The summed E-state index contributed by atoms with van der Waals surface area (Å²) in [5, 5.41) is 10.1. The van der Waals surface area contributed by atoms with E-state index < -0.39 is 0 Å². The van der Waals surface area contributed by atoms with Gasteiger partial charge < -0.3 is 4.74 Å². The van der Waals surface area contributed by atoms with Crippen molar-refractivity contribution in [3.63, 3.8) is 0 Å². The maximum absolute atomic E-state index is 9.12. The SMILES string of the molecule is C=C1C(C)=C(OC)C=CN1O. The number of ether oxygens (including phenoxy) is 1. The van der Waals surface area contributed by atoms with Crippen molar-refractivity contribution >= 4 is 0 Å². The van der Waals surface area contributed by atoms with Crippen molar-refractivity contribution in [2.45, 2.75) is 6.92 Å². The molecule has 3 heteroatoms. The number of hydrogen-bond acceptors (Lipinski definition) is 3. The van der Waals surface area contributed by atoms with Crippen LogP contribution in [0.1, 0.15) is 6.92 Å². The molecular weight excluding hydrogens is 142 g/mol. The summed E-state index contributed by atoms with van der Waals surface area (Å²) in [6, 6.07) is 0. The maximum atomic E-state index is 9.12. The molecule has 0 bridgehead atoms. The van der Waals surface area contributed by atoms with Crippen LogP contribution in [0.4, 0.5) is 0 Å². The van der Waals surface area contributed by atoms with Crippen LogP contribution in [0, 0.1) is 0 Å². The van der Waals surface area contributed by atoms with Gasteiger partial charge in [0, 0.05) is 11.8 Å². The van der Waals surface area contributed by atoms with E-state index in [1.165, 1.54) is 6.20 Å². The molecule has 0 unspecified atom stereocenters. The van der Waals surface area contributed by atoms with Gasteiger partial charge in [-0.15, -0.1) is 0 Å². The molecule has 0 spiro atoms. The van der Waals surface area contributed by atoms with E-state index in [0.29, 0.717) is 5.70 Å². The van der Waals surface area contributed by atoms with Crippen LogP contribution >= 0.6 is 0 Å². The molecule has 0 amide bonds. The molecular formula is C8H11NO2. The van der Waals surface area contributed by atoms with Gasteiger partial charge in [-0.3, -0.25) is 5.21 Å². The zero-order chi connectivity index (χ0) is 8.43. The molecule has 0 saturated heterocycles. The Hall–Kier alpha value is -1.22. The molecule has 0 atom stereocenters. The molecule has 11 heavy (non-hydrogen) atoms. The fourth-order valence-electron chi connectivity index (χ4n) is 0.888. The molecule has 0 saturated carbocycles. The summed E-state index contributed by atoms with van der Waals surface area (Å²) >= 11 is 0. The fraction of sp³-hybridized carbons (Fsp3) is 0.250. The average molecular weight is 153 g/mol. The van der Waals surface area contributed by atoms with Gasteiger partial charge in [0.25, 0.3) is 0 Å². The molecule has 0 aromatic heterocycles. The monoisotopic (exact) mass is 153 g/mol. The normalized spacial score (nSPS) is 17.7. The van der Waals surface area contributed by atoms with E-state index in [1.807, 2.05) is 6.92 Å². The maximum Gasteiger partial charge on any atom is 0.125 e. The standard InChI is InChI=1S/C8H11NO2/c1-6-7(2)9(10)5-4-8(6)11-3/h4-5,10H,2H2,1,3H3. The first kappa shape index (κ1) is 7.88. The Kier molecular flexibility index (Phi) is 2.01. The molecule has 3 nitrogen and oxygen atoms in total. The summed E-state index contributed by atoms with van der Waals surface area (Å²) in [4.78, 5) is 0. The lowest BCUT2D eigenvalue weighted by atomic mass is 10.1. The highest BCUT2D eigenvalue weighted by atomic mass is 16.5. The lowest BCUT2D eigenvalue weighted by Gasteiger charge is -2.21. The Bertz CT molecular complexity index is 240. The quantitative estimate of drug-likeness (QED) is 0.621. The lowest BCUT2D eigenvalue weighted by Crippen LogP contribution is -2.15. The fourth-order valence-corrected chi connectivity index (χ4v) is 0.888. The second kappa shape index (κ2) is 2.80. The summed E-state index contributed by atoms with van der Waals surface area (Å²) in [6.07, 6.45) is 3.18. The second-order valence-corrected chi connectivity index (χ2v) is 2.30. The Morgan fingerprint density at radius 3 is 2.82 bits per heavy atom. The first-order valence-electron chi connectivity index (χ1n) is 3.27. The van der Waals surface area contributed by atoms with Crippen molar-refractivity contribution in [2.75, 3.05) is 7.11 Å². The van der Waals surface area contributed by atoms with Crippen LogP contribution in [0.3, 0.4) is 0 Å². The van der Waals surface area contributed by atoms with Crippen LogP contribution in [0.2, 0.25) is 0 Å². The highest BCUT2D eigenvalue weighted by Gasteiger charge is 2.12. The van der Waals surface area contributed by atoms with Crippen molar-refractivity contribution in [3.05, 3.63) is 35.9 Å². The van der Waals surface area contributed by atoms with E-state index in [4.69, 9.17) is 9.94 Å². The summed E-state index contributed by atoms with van der Waals surface area (Å²) < 4.78 is 5.02. The molecule has 1 rings (SSSR count). The number of rotatable bonds is 1. The van der Waals surface area contributed by atoms with Crippen LogP contribution < -0.4 is 0 Å². The Labute approximate surface area is 65.8 Å². The first-order valence-corrected chi connectivity index (χ1v) is 3.27. The van der Waals surface area contributed by atoms with Gasteiger partial charge in [-0.1, -0.05) is 6.58 Å². The number of methoxy groups -OCH3 is 1. The Balaban J connectivity index is 2.97. The minimum absolute atomic E-state index is 0.546. The van der Waals surface area contributed by atoms with Crippen molar-refractivity contribution in [3.8, 4) is 0 Å². The highest BCUT2D eigenvalue weighted by Crippen LogP contribution is 2.21. The highest BCUT2D eigenvalue weighted by molar-refractivity contribution is 5.36. The third kappa shape index (κ3) is 1.28. The molecule has 60 valence electrons. The van der Waals surface area contributed by atoms with Gasteiger partial charge in [-0.05, 0) is 13.0 Å². The van der Waals surface area contributed by atoms with Gasteiger partial charge in [-0.25, -0.2) is 5.06 Å². The predicted molar refractivity (Wildman–Crippen MR) is 41.6 cm³/mol. The number of nitrogens with zero attached hydrogens (tertiary/aromatic N) is 1. The topological polar surface area (TPSA) is 32.7 Å². The van der Waals surface area contributed by atoms with E-state index in [9.17, 15) is 0 Å². The largest absolute Gasteiger partial charge is 0.496 e. The predicted octanol–water partition coefficient (Wildman–Crippen LogP) is 1.64. The van der Waals surface area contributed by atoms with Crippen LogP contribution in [0.15, 0.2) is 35.9 Å². The number of hydrogen-bond donors (Lipinski definition) is 1.